The van der Waals surface area contributed by atoms with Gasteiger partial charge < -0.3 is 14.8 Å². The molecule has 0 aliphatic carbocycles. The van der Waals surface area contributed by atoms with Gasteiger partial charge in [-0.1, -0.05) is 60.7 Å². The number of aryl methyl sites for hydroxylation is 1. The average Bonchev–Trinajstić information content (AvgIpc) is 3.17. The molecule has 0 atom stereocenters. The van der Waals surface area contributed by atoms with Crippen LogP contribution in [0.25, 0.3) is 0 Å². The van der Waals surface area contributed by atoms with Crippen LogP contribution in [-0.4, -0.2) is 9.97 Å². The minimum absolute atomic E-state index is 0. The van der Waals surface area contributed by atoms with Gasteiger partial charge in [0, 0.05) is 11.4 Å². The summed E-state index contributed by atoms with van der Waals surface area (Å²) in [4.78, 5) is 8.91. The Balaban J connectivity index is 0.00000256. The van der Waals surface area contributed by atoms with Crippen molar-refractivity contribution in [1.82, 2.24) is 9.97 Å². The number of anilines is 2. The molecule has 30 heavy (non-hydrogen) atoms. The molecule has 0 aliphatic rings. The minimum atomic E-state index is 0. The standard InChI is InChI=1S/C23H21N3O2S.ClH/c1-17-16-29-23(25-17)26-20-12-21(27-14-18-8-4-2-5-9-18)22(24-13-20)28-15-19-10-6-3-7-11-19;/h2-13,16H,14-15H2,1H3,(H,25,26);1H. The smallest absolute Gasteiger partial charge is 0.257 e. The normalized spacial score (nSPS) is 10.2. The second kappa shape index (κ2) is 10.6. The van der Waals surface area contributed by atoms with Crippen molar-refractivity contribution in [1.29, 1.82) is 0 Å². The number of nitrogens with one attached hydrogen (secondary N) is 1. The second-order valence-corrected chi connectivity index (χ2v) is 7.35. The summed E-state index contributed by atoms with van der Waals surface area (Å²) in [6.45, 7) is 2.83. The van der Waals surface area contributed by atoms with Gasteiger partial charge in [0.05, 0.1) is 17.6 Å². The Morgan fingerprint density at radius 3 is 2.13 bits per heavy atom. The van der Waals surface area contributed by atoms with E-state index in [0.717, 1.165) is 27.6 Å². The molecule has 0 unspecified atom stereocenters. The number of thiazole rings is 1. The van der Waals surface area contributed by atoms with E-state index in [9.17, 15) is 0 Å². The summed E-state index contributed by atoms with van der Waals surface area (Å²) in [5, 5.41) is 6.09. The number of hydrogen-bond donors (Lipinski definition) is 1. The molecule has 2 aromatic heterocycles. The van der Waals surface area contributed by atoms with Crippen LogP contribution in [0.2, 0.25) is 0 Å². The molecule has 0 spiro atoms. The van der Waals surface area contributed by atoms with Crippen LogP contribution in [-0.2, 0) is 13.2 Å². The summed E-state index contributed by atoms with van der Waals surface area (Å²) >= 11 is 1.55. The number of pyridine rings is 1. The quantitative estimate of drug-likeness (QED) is 0.355. The zero-order chi connectivity index (χ0) is 19.9. The van der Waals surface area contributed by atoms with E-state index in [4.69, 9.17) is 9.47 Å². The van der Waals surface area contributed by atoms with Gasteiger partial charge in [-0.2, -0.15) is 0 Å². The number of halogens is 1. The predicted molar refractivity (Wildman–Crippen MR) is 123 cm³/mol. The summed E-state index contributed by atoms with van der Waals surface area (Å²) < 4.78 is 12.0. The third kappa shape index (κ3) is 5.95. The summed E-state index contributed by atoms with van der Waals surface area (Å²) in [5.41, 5.74) is 3.93. The molecule has 154 valence electrons. The van der Waals surface area contributed by atoms with E-state index < -0.39 is 0 Å². The SMILES string of the molecule is Cc1csc(Nc2cnc(OCc3ccccc3)c(OCc3ccccc3)c2)n1.Cl. The van der Waals surface area contributed by atoms with E-state index in [2.05, 4.69) is 15.3 Å². The molecule has 4 aromatic rings. The van der Waals surface area contributed by atoms with E-state index in [1.165, 1.54) is 0 Å². The van der Waals surface area contributed by atoms with Gasteiger partial charge in [0.15, 0.2) is 10.9 Å². The minimum Gasteiger partial charge on any atom is -0.483 e. The zero-order valence-corrected chi connectivity index (χ0v) is 18.1. The van der Waals surface area contributed by atoms with E-state index in [1.807, 2.05) is 79.0 Å². The molecular weight excluding hydrogens is 418 g/mol. The van der Waals surface area contributed by atoms with E-state index >= 15 is 0 Å². The summed E-state index contributed by atoms with van der Waals surface area (Å²) in [6, 6.07) is 21.9. The summed E-state index contributed by atoms with van der Waals surface area (Å²) in [5.74, 6) is 1.05. The maximum atomic E-state index is 6.05. The van der Waals surface area contributed by atoms with Crippen molar-refractivity contribution in [3.63, 3.8) is 0 Å². The Kier molecular flexibility index (Phi) is 7.65. The van der Waals surface area contributed by atoms with Crippen molar-refractivity contribution in [2.75, 3.05) is 5.32 Å². The highest BCUT2D eigenvalue weighted by Gasteiger charge is 2.11. The molecule has 0 amide bonds. The van der Waals surface area contributed by atoms with Crippen LogP contribution in [0.5, 0.6) is 11.6 Å². The van der Waals surface area contributed by atoms with Crippen LogP contribution in [0, 0.1) is 6.92 Å². The fourth-order valence-electron chi connectivity index (χ4n) is 2.71. The predicted octanol–water partition coefficient (Wildman–Crippen LogP) is 6.17. The van der Waals surface area contributed by atoms with Crippen molar-refractivity contribution in [3.05, 3.63) is 95.1 Å². The topological polar surface area (TPSA) is 56.3 Å². The number of rotatable bonds is 8. The van der Waals surface area contributed by atoms with Crippen LogP contribution in [0.15, 0.2) is 78.3 Å². The van der Waals surface area contributed by atoms with Gasteiger partial charge in [-0.15, -0.1) is 23.7 Å². The monoisotopic (exact) mass is 439 g/mol. The van der Waals surface area contributed by atoms with E-state index in [0.29, 0.717) is 24.8 Å². The molecule has 0 radical (unpaired) electrons. The van der Waals surface area contributed by atoms with E-state index in [1.54, 1.807) is 17.5 Å². The Morgan fingerprint density at radius 1 is 0.900 bits per heavy atom. The first-order chi connectivity index (χ1) is 14.3. The van der Waals surface area contributed by atoms with Crippen molar-refractivity contribution in [3.8, 4) is 11.6 Å². The third-order valence-electron chi connectivity index (χ3n) is 4.14. The summed E-state index contributed by atoms with van der Waals surface area (Å²) in [6.07, 6.45) is 1.73. The molecule has 0 bridgehead atoms. The number of hydrogen-bond acceptors (Lipinski definition) is 6. The third-order valence-corrected chi connectivity index (χ3v) is 5.02. The molecule has 4 rings (SSSR count). The number of aromatic nitrogens is 2. The van der Waals surface area contributed by atoms with Gasteiger partial charge in [0.2, 0.25) is 0 Å². The molecule has 2 heterocycles. The van der Waals surface area contributed by atoms with Gasteiger partial charge >= 0.3 is 0 Å². The van der Waals surface area contributed by atoms with Crippen LogP contribution in [0.1, 0.15) is 16.8 Å². The van der Waals surface area contributed by atoms with Crippen molar-refractivity contribution >= 4 is 34.6 Å². The van der Waals surface area contributed by atoms with Crippen LogP contribution < -0.4 is 14.8 Å². The van der Waals surface area contributed by atoms with Crippen molar-refractivity contribution in [2.24, 2.45) is 0 Å². The molecule has 7 heteroatoms. The molecule has 1 N–H and O–H groups in total. The van der Waals surface area contributed by atoms with Crippen LogP contribution in [0.4, 0.5) is 10.8 Å². The fourth-order valence-corrected chi connectivity index (χ4v) is 3.42. The largest absolute Gasteiger partial charge is 0.483 e. The first kappa shape index (κ1) is 21.6. The summed E-state index contributed by atoms with van der Waals surface area (Å²) in [7, 11) is 0. The number of ether oxygens (including phenoxy) is 2. The number of nitrogens with zero attached hydrogens (tertiary/aromatic N) is 2. The molecule has 5 nitrogen and oxygen atoms in total. The molecular formula is C23H22ClN3O2S. The Morgan fingerprint density at radius 2 is 1.53 bits per heavy atom. The molecule has 0 aliphatic heterocycles. The zero-order valence-electron chi connectivity index (χ0n) is 16.4. The maximum absolute atomic E-state index is 6.05. The molecule has 0 fully saturated rings. The molecule has 2 aromatic carbocycles. The second-order valence-electron chi connectivity index (χ2n) is 6.49. The molecule has 0 saturated heterocycles. The lowest BCUT2D eigenvalue weighted by Gasteiger charge is -2.14. The van der Waals surface area contributed by atoms with Crippen LogP contribution in [0.3, 0.4) is 0 Å². The van der Waals surface area contributed by atoms with E-state index in [-0.39, 0.29) is 12.4 Å². The lowest BCUT2D eigenvalue weighted by Crippen LogP contribution is -2.03. The van der Waals surface area contributed by atoms with Gasteiger partial charge in [0.25, 0.3) is 5.88 Å². The number of benzene rings is 2. The van der Waals surface area contributed by atoms with Crippen LogP contribution >= 0.6 is 23.7 Å². The van der Waals surface area contributed by atoms with Crippen molar-refractivity contribution < 1.29 is 9.47 Å². The lowest BCUT2D eigenvalue weighted by atomic mass is 10.2. The first-order valence-electron chi connectivity index (χ1n) is 9.29. The Labute approximate surface area is 186 Å². The van der Waals surface area contributed by atoms with Gasteiger partial charge in [-0.25, -0.2) is 9.97 Å². The Bertz CT molecular complexity index is 1060. The maximum Gasteiger partial charge on any atom is 0.257 e. The fraction of sp³-hybridized carbons (Fsp3) is 0.130. The highest BCUT2D eigenvalue weighted by atomic mass is 35.5. The average molecular weight is 440 g/mol. The lowest BCUT2D eigenvalue weighted by molar-refractivity contribution is 0.247. The van der Waals surface area contributed by atoms with Crippen molar-refractivity contribution in [2.45, 2.75) is 20.1 Å². The highest BCUT2D eigenvalue weighted by molar-refractivity contribution is 7.13. The van der Waals surface area contributed by atoms with Gasteiger partial charge in [0.1, 0.15) is 13.2 Å². The van der Waals surface area contributed by atoms with Gasteiger partial charge in [-0.05, 0) is 18.1 Å². The molecule has 0 saturated carbocycles. The Hall–Kier alpha value is -3.09. The highest BCUT2D eigenvalue weighted by Crippen LogP contribution is 2.31. The first-order valence-corrected chi connectivity index (χ1v) is 10.2. The van der Waals surface area contributed by atoms with Gasteiger partial charge in [-0.3, -0.25) is 0 Å².